The molecule has 0 saturated carbocycles. The Kier molecular flexibility index (Phi) is 3.87. The summed E-state index contributed by atoms with van der Waals surface area (Å²) in [6, 6.07) is 8.26. The first-order valence-electron chi connectivity index (χ1n) is 5.26. The van der Waals surface area contributed by atoms with Gasteiger partial charge in [-0.25, -0.2) is 0 Å². The van der Waals surface area contributed by atoms with Crippen LogP contribution in [0, 0.1) is 12.8 Å². The summed E-state index contributed by atoms with van der Waals surface area (Å²) >= 11 is 0. The van der Waals surface area contributed by atoms with Gasteiger partial charge in [0.2, 0.25) is 0 Å². The lowest BCUT2D eigenvalue weighted by molar-refractivity contribution is 0.736. The first kappa shape index (κ1) is 11.0. The van der Waals surface area contributed by atoms with Crippen molar-refractivity contribution in [1.82, 2.24) is 0 Å². The van der Waals surface area contributed by atoms with Crippen molar-refractivity contribution in [3.63, 3.8) is 0 Å². The highest BCUT2D eigenvalue weighted by Crippen LogP contribution is 2.19. The lowest BCUT2D eigenvalue weighted by atomic mass is 10.0. The normalized spacial score (nSPS) is 14.1. The molecule has 1 aromatic carbocycles. The third-order valence-electron chi connectivity index (χ3n) is 2.74. The standard InChI is InChI=1S/C13H19N/c1-5-10(2)12(4)14-13-9-7-6-8-11(13)3/h6-10H,5H2,1-4H3. The highest BCUT2D eigenvalue weighted by Gasteiger charge is 2.03. The van der Waals surface area contributed by atoms with Crippen molar-refractivity contribution in [2.45, 2.75) is 34.1 Å². The van der Waals surface area contributed by atoms with Crippen molar-refractivity contribution in [2.75, 3.05) is 0 Å². The van der Waals surface area contributed by atoms with Crippen molar-refractivity contribution < 1.29 is 0 Å². The summed E-state index contributed by atoms with van der Waals surface area (Å²) in [5.74, 6) is 0.578. The van der Waals surface area contributed by atoms with E-state index in [1.165, 1.54) is 11.3 Å². The van der Waals surface area contributed by atoms with Gasteiger partial charge in [0.05, 0.1) is 5.69 Å². The second kappa shape index (κ2) is 4.94. The minimum atomic E-state index is 0.578. The fourth-order valence-electron chi connectivity index (χ4n) is 1.28. The maximum atomic E-state index is 4.65. The van der Waals surface area contributed by atoms with Gasteiger partial charge in [0, 0.05) is 5.71 Å². The van der Waals surface area contributed by atoms with E-state index in [9.17, 15) is 0 Å². The average Bonchev–Trinajstić information content (AvgIpc) is 2.20. The SMILES string of the molecule is CCC(C)C(C)=Nc1ccccc1C. The van der Waals surface area contributed by atoms with E-state index in [4.69, 9.17) is 0 Å². The highest BCUT2D eigenvalue weighted by atomic mass is 14.7. The number of aryl methyl sites for hydroxylation is 1. The second-order valence-electron chi connectivity index (χ2n) is 3.85. The zero-order chi connectivity index (χ0) is 10.6. The van der Waals surface area contributed by atoms with Gasteiger partial charge in [-0.3, -0.25) is 4.99 Å². The van der Waals surface area contributed by atoms with Gasteiger partial charge < -0.3 is 0 Å². The molecular weight excluding hydrogens is 170 g/mol. The van der Waals surface area contributed by atoms with Crippen LogP contribution in [0.1, 0.15) is 32.8 Å². The third-order valence-corrected chi connectivity index (χ3v) is 2.74. The predicted molar refractivity (Wildman–Crippen MR) is 63.4 cm³/mol. The van der Waals surface area contributed by atoms with Crippen LogP contribution in [-0.2, 0) is 0 Å². The molecule has 1 heteroatoms. The van der Waals surface area contributed by atoms with Crippen LogP contribution in [0.2, 0.25) is 0 Å². The minimum absolute atomic E-state index is 0.578. The maximum Gasteiger partial charge on any atom is 0.0658 e. The van der Waals surface area contributed by atoms with E-state index in [0.717, 1.165) is 12.1 Å². The highest BCUT2D eigenvalue weighted by molar-refractivity contribution is 5.86. The molecule has 1 aromatic rings. The van der Waals surface area contributed by atoms with Crippen molar-refractivity contribution in [1.29, 1.82) is 0 Å². The topological polar surface area (TPSA) is 12.4 Å². The van der Waals surface area contributed by atoms with Gasteiger partial charge in [-0.2, -0.15) is 0 Å². The molecule has 0 spiro atoms. The molecule has 0 amide bonds. The Morgan fingerprint density at radius 1 is 1.36 bits per heavy atom. The molecule has 0 aliphatic heterocycles. The lowest BCUT2D eigenvalue weighted by Crippen LogP contribution is -2.04. The fourth-order valence-corrected chi connectivity index (χ4v) is 1.28. The zero-order valence-corrected chi connectivity index (χ0v) is 9.54. The number of hydrogen-bond donors (Lipinski definition) is 0. The molecule has 1 unspecified atom stereocenters. The molecule has 0 saturated heterocycles. The van der Waals surface area contributed by atoms with Gasteiger partial charge in [0.25, 0.3) is 0 Å². The summed E-state index contributed by atoms with van der Waals surface area (Å²) in [6.07, 6.45) is 1.15. The van der Waals surface area contributed by atoms with Crippen LogP contribution < -0.4 is 0 Å². The molecule has 0 radical (unpaired) electrons. The van der Waals surface area contributed by atoms with Crippen LogP contribution in [0.15, 0.2) is 29.3 Å². The van der Waals surface area contributed by atoms with Gasteiger partial charge in [-0.1, -0.05) is 32.0 Å². The van der Waals surface area contributed by atoms with Crippen LogP contribution in [0.3, 0.4) is 0 Å². The zero-order valence-electron chi connectivity index (χ0n) is 9.54. The average molecular weight is 189 g/mol. The van der Waals surface area contributed by atoms with Crippen molar-refractivity contribution in [3.8, 4) is 0 Å². The molecule has 1 rings (SSSR count). The number of rotatable bonds is 3. The third kappa shape index (κ3) is 2.69. The summed E-state index contributed by atoms with van der Waals surface area (Å²) in [5, 5.41) is 0. The van der Waals surface area contributed by atoms with Gasteiger partial charge in [-0.05, 0) is 37.8 Å². The van der Waals surface area contributed by atoms with E-state index >= 15 is 0 Å². The Morgan fingerprint density at radius 2 is 2.00 bits per heavy atom. The number of benzene rings is 1. The van der Waals surface area contributed by atoms with E-state index in [-0.39, 0.29) is 0 Å². The summed E-state index contributed by atoms with van der Waals surface area (Å²) in [7, 11) is 0. The summed E-state index contributed by atoms with van der Waals surface area (Å²) in [5.41, 5.74) is 3.57. The smallest absolute Gasteiger partial charge is 0.0658 e. The molecule has 0 bridgehead atoms. The first-order valence-corrected chi connectivity index (χ1v) is 5.26. The molecule has 0 aromatic heterocycles. The Labute approximate surface area is 86.9 Å². The first-order chi connectivity index (χ1) is 6.65. The van der Waals surface area contributed by atoms with Gasteiger partial charge in [-0.15, -0.1) is 0 Å². The molecule has 76 valence electrons. The Hall–Kier alpha value is -1.11. The predicted octanol–water partition coefficient (Wildman–Crippen LogP) is 4.13. The monoisotopic (exact) mass is 189 g/mol. The van der Waals surface area contributed by atoms with Gasteiger partial charge in [0.15, 0.2) is 0 Å². The van der Waals surface area contributed by atoms with Gasteiger partial charge >= 0.3 is 0 Å². The van der Waals surface area contributed by atoms with Crippen LogP contribution in [-0.4, -0.2) is 5.71 Å². The number of para-hydroxylation sites is 1. The number of nitrogens with zero attached hydrogens (tertiary/aromatic N) is 1. The van der Waals surface area contributed by atoms with Crippen LogP contribution in [0.4, 0.5) is 5.69 Å². The Bertz CT molecular complexity index is 326. The second-order valence-corrected chi connectivity index (χ2v) is 3.85. The van der Waals surface area contributed by atoms with E-state index in [2.05, 4.69) is 44.8 Å². The molecule has 1 nitrogen and oxygen atoms in total. The fraction of sp³-hybridized carbons (Fsp3) is 0.462. The van der Waals surface area contributed by atoms with E-state index in [0.29, 0.717) is 5.92 Å². The van der Waals surface area contributed by atoms with Crippen LogP contribution >= 0.6 is 0 Å². The molecular formula is C13H19N. The number of aliphatic imine (C=N–C) groups is 1. The van der Waals surface area contributed by atoms with Crippen LogP contribution in [0.25, 0.3) is 0 Å². The van der Waals surface area contributed by atoms with E-state index in [1.54, 1.807) is 0 Å². The molecule has 0 fully saturated rings. The summed E-state index contributed by atoms with van der Waals surface area (Å²) in [6.45, 7) is 8.63. The summed E-state index contributed by atoms with van der Waals surface area (Å²) in [4.78, 5) is 4.65. The molecule has 14 heavy (non-hydrogen) atoms. The minimum Gasteiger partial charge on any atom is -0.258 e. The molecule has 0 aliphatic carbocycles. The molecule has 0 aliphatic rings. The maximum absolute atomic E-state index is 4.65. The number of hydrogen-bond acceptors (Lipinski definition) is 1. The van der Waals surface area contributed by atoms with E-state index in [1.807, 2.05) is 12.1 Å². The summed E-state index contributed by atoms with van der Waals surface area (Å²) < 4.78 is 0. The molecule has 1 atom stereocenters. The Balaban J connectivity index is 2.91. The van der Waals surface area contributed by atoms with Crippen molar-refractivity contribution in [2.24, 2.45) is 10.9 Å². The largest absolute Gasteiger partial charge is 0.258 e. The quantitative estimate of drug-likeness (QED) is 0.634. The van der Waals surface area contributed by atoms with Crippen LogP contribution in [0.5, 0.6) is 0 Å². The lowest BCUT2D eigenvalue weighted by Gasteiger charge is -2.08. The Morgan fingerprint density at radius 3 is 2.57 bits per heavy atom. The van der Waals surface area contributed by atoms with Crippen molar-refractivity contribution >= 4 is 11.4 Å². The van der Waals surface area contributed by atoms with Crippen molar-refractivity contribution in [3.05, 3.63) is 29.8 Å². The molecule has 0 N–H and O–H groups in total. The molecule has 0 heterocycles. The van der Waals surface area contributed by atoms with E-state index < -0.39 is 0 Å². The van der Waals surface area contributed by atoms with Gasteiger partial charge in [0.1, 0.15) is 0 Å².